The van der Waals surface area contributed by atoms with Gasteiger partial charge in [0.05, 0.1) is 24.1 Å². The molecule has 4 heterocycles. The van der Waals surface area contributed by atoms with E-state index in [-0.39, 0.29) is 17.3 Å². The summed E-state index contributed by atoms with van der Waals surface area (Å²) in [5, 5.41) is 6.43. The summed E-state index contributed by atoms with van der Waals surface area (Å²) in [7, 11) is 0. The summed E-state index contributed by atoms with van der Waals surface area (Å²) in [5.74, 6) is 0.377. The van der Waals surface area contributed by atoms with Crippen LogP contribution >= 0.6 is 0 Å². The van der Waals surface area contributed by atoms with Crippen LogP contribution < -0.4 is 5.32 Å². The fourth-order valence-corrected chi connectivity index (χ4v) is 3.59. The van der Waals surface area contributed by atoms with Gasteiger partial charge in [-0.1, -0.05) is 11.2 Å². The quantitative estimate of drug-likeness (QED) is 0.886. The van der Waals surface area contributed by atoms with E-state index in [0.717, 1.165) is 38.2 Å². The first-order valence-corrected chi connectivity index (χ1v) is 8.68. The summed E-state index contributed by atoms with van der Waals surface area (Å²) in [5.41, 5.74) is 1.10. The van der Waals surface area contributed by atoms with Crippen molar-refractivity contribution in [2.75, 3.05) is 26.2 Å². The van der Waals surface area contributed by atoms with Crippen molar-refractivity contribution in [3.63, 3.8) is 0 Å². The molecular weight excluding hydrogens is 320 g/mol. The van der Waals surface area contributed by atoms with Crippen LogP contribution in [0, 0.1) is 5.92 Å². The first-order chi connectivity index (χ1) is 12.2. The average molecular weight is 342 g/mol. The average Bonchev–Trinajstić information content (AvgIpc) is 3.15. The SMILES string of the molecule is O=C(NC[C@H]1CCC2(CN(Cc3ccccn3)C2)OC1)c1ccno1. The second-order valence-corrected chi connectivity index (χ2v) is 6.95. The minimum absolute atomic E-state index is 0.000219. The second kappa shape index (κ2) is 6.93. The normalized spacial score (nSPS) is 22.5. The van der Waals surface area contributed by atoms with E-state index in [9.17, 15) is 4.79 Å². The van der Waals surface area contributed by atoms with Gasteiger partial charge in [-0.25, -0.2) is 0 Å². The molecule has 1 spiro atoms. The molecule has 2 aliphatic rings. The molecule has 0 aromatic carbocycles. The van der Waals surface area contributed by atoms with Gasteiger partial charge < -0.3 is 14.6 Å². The standard InChI is InChI=1S/C18H22N4O3/c23-17(16-5-8-21-25-16)20-9-14-4-6-18(24-11-14)12-22(13-18)10-15-3-1-2-7-19-15/h1-3,5,7-8,14H,4,6,9-13H2,(H,20,23)/t14-/m1/s1. The molecule has 7 nitrogen and oxygen atoms in total. The number of nitrogens with zero attached hydrogens (tertiary/aromatic N) is 3. The highest BCUT2D eigenvalue weighted by Crippen LogP contribution is 2.36. The van der Waals surface area contributed by atoms with Crippen LogP contribution in [0.15, 0.2) is 41.2 Å². The van der Waals surface area contributed by atoms with Crippen molar-refractivity contribution in [2.24, 2.45) is 5.92 Å². The molecular formula is C18H22N4O3. The number of ether oxygens (including phenoxy) is 1. The number of likely N-dealkylation sites (tertiary alicyclic amines) is 1. The predicted molar refractivity (Wildman–Crippen MR) is 89.8 cm³/mol. The van der Waals surface area contributed by atoms with E-state index in [4.69, 9.17) is 9.26 Å². The first kappa shape index (κ1) is 16.2. The second-order valence-electron chi connectivity index (χ2n) is 6.95. The molecule has 0 saturated carbocycles. The maximum atomic E-state index is 11.9. The molecule has 4 rings (SSSR count). The highest BCUT2D eigenvalue weighted by molar-refractivity contribution is 5.91. The molecule has 0 aliphatic carbocycles. The number of hydrogen-bond donors (Lipinski definition) is 1. The zero-order valence-electron chi connectivity index (χ0n) is 14.1. The molecule has 2 aliphatic heterocycles. The largest absolute Gasteiger partial charge is 0.372 e. The summed E-state index contributed by atoms with van der Waals surface area (Å²) >= 11 is 0. The molecule has 2 aromatic heterocycles. The van der Waals surface area contributed by atoms with E-state index in [1.807, 2.05) is 18.3 Å². The van der Waals surface area contributed by atoms with Crippen molar-refractivity contribution in [1.29, 1.82) is 0 Å². The third kappa shape index (κ3) is 3.72. The summed E-state index contributed by atoms with van der Waals surface area (Å²) in [6.45, 7) is 4.09. The maximum Gasteiger partial charge on any atom is 0.289 e. The third-order valence-corrected chi connectivity index (χ3v) is 4.98. The number of aromatic nitrogens is 2. The van der Waals surface area contributed by atoms with Gasteiger partial charge in [-0.05, 0) is 30.9 Å². The molecule has 25 heavy (non-hydrogen) atoms. The van der Waals surface area contributed by atoms with Crippen molar-refractivity contribution in [2.45, 2.75) is 25.0 Å². The van der Waals surface area contributed by atoms with Crippen LogP contribution in [0.3, 0.4) is 0 Å². The van der Waals surface area contributed by atoms with Crippen molar-refractivity contribution in [3.8, 4) is 0 Å². The highest BCUT2D eigenvalue weighted by Gasteiger charge is 2.46. The molecule has 2 saturated heterocycles. The molecule has 7 heteroatoms. The van der Waals surface area contributed by atoms with Crippen LogP contribution in [0.5, 0.6) is 0 Å². The Bertz CT molecular complexity index is 688. The lowest BCUT2D eigenvalue weighted by atomic mass is 9.83. The fourth-order valence-electron chi connectivity index (χ4n) is 3.59. The summed E-state index contributed by atoms with van der Waals surface area (Å²) in [6.07, 6.45) is 5.40. The van der Waals surface area contributed by atoms with E-state index in [1.165, 1.54) is 6.20 Å². The van der Waals surface area contributed by atoms with E-state index in [2.05, 4.69) is 26.4 Å². The Morgan fingerprint density at radius 2 is 2.24 bits per heavy atom. The number of hydrogen-bond acceptors (Lipinski definition) is 6. The number of carbonyl (C=O) groups excluding carboxylic acids is 1. The number of rotatable bonds is 5. The lowest BCUT2D eigenvalue weighted by Gasteiger charge is -2.52. The van der Waals surface area contributed by atoms with Crippen molar-refractivity contribution < 1.29 is 14.1 Å². The Balaban J connectivity index is 1.19. The monoisotopic (exact) mass is 342 g/mol. The molecule has 1 N–H and O–H groups in total. The van der Waals surface area contributed by atoms with Gasteiger partial charge >= 0.3 is 0 Å². The van der Waals surface area contributed by atoms with Gasteiger partial charge in [0.2, 0.25) is 5.76 Å². The zero-order chi connectivity index (χ0) is 17.1. The number of amides is 1. The van der Waals surface area contributed by atoms with Crippen LogP contribution in [0.1, 0.15) is 29.1 Å². The van der Waals surface area contributed by atoms with Gasteiger partial charge in [0.25, 0.3) is 5.91 Å². The first-order valence-electron chi connectivity index (χ1n) is 8.68. The lowest BCUT2D eigenvalue weighted by molar-refractivity contribution is -0.181. The Morgan fingerprint density at radius 3 is 2.92 bits per heavy atom. The molecule has 2 aromatic rings. The summed E-state index contributed by atoms with van der Waals surface area (Å²) in [4.78, 5) is 18.6. The van der Waals surface area contributed by atoms with Crippen molar-refractivity contribution in [3.05, 3.63) is 48.1 Å². The van der Waals surface area contributed by atoms with Gasteiger partial charge in [0, 0.05) is 38.4 Å². The van der Waals surface area contributed by atoms with Crippen molar-refractivity contribution >= 4 is 5.91 Å². The van der Waals surface area contributed by atoms with Gasteiger partial charge in [0.15, 0.2) is 0 Å². The van der Waals surface area contributed by atoms with Crippen molar-refractivity contribution in [1.82, 2.24) is 20.4 Å². The summed E-state index contributed by atoms with van der Waals surface area (Å²) < 4.78 is 11.0. The van der Waals surface area contributed by atoms with Crippen LogP contribution in [-0.4, -0.2) is 52.8 Å². The molecule has 0 unspecified atom stereocenters. The van der Waals surface area contributed by atoms with Crippen LogP contribution in [-0.2, 0) is 11.3 Å². The smallest absolute Gasteiger partial charge is 0.289 e. The van der Waals surface area contributed by atoms with E-state index in [1.54, 1.807) is 6.07 Å². The van der Waals surface area contributed by atoms with Gasteiger partial charge in [-0.15, -0.1) is 0 Å². The van der Waals surface area contributed by atoms with E-state index >= 15 is 0 Å². The Hall–Kier alpha value is -2.25. The fraction of sp³-hybridized carbons (Fsp3) is 0.500. The Kier molecular flexibility index (Phi) is 4.50. The van der Waals surface area contributed by atoms with E-state index in [0.29, 0.717) is 19.1 Å². The molecule has 132 valence electrons. The van der Waals surface area contributed by atoms with Gasteiger partial charge in [0.1, 0.15) is 0 Å². The topological polar surface area (TPSA) is 80.5 Å². The van der Waals surface area contributed by atoms with Crippen LogP contribution in [0.25, 0.3) is 0 Å². The third-order valence-electron chi connectivity index (χ3n) is 4.98. The Morgan fingerprint density at radius 1 is 1.32 bits per heavy atom. The number of carbonyl (C=O) groups is 1. The molecule has 0 radical (unpaired) electrons. The minimum atomic E-state index is -0.219. The molecule has 2 fully saturated rings. The van der Waals surface area contributed by atoms with E-state index < -0.39 is 0 Å². The molecule has 0 bridgehead atoms. The molecule has 1 atom stereocenters. The van der Waals surface area contributed by atoms with Crippen LogP contribution in [0.2, 0.25) is 0 Å². The number of pyridine rings is 1. The lowest BCUT2D eigenvalue weighted by Crippen LogP contribution is -2.64. The number of nitrogens with one attached hydrogen (secondary N) is 1. The predicted octanol–water partition coefficient (Wildman–Crippen LogP) is 1.48. The minimum Gasteiger partial charge on any atom is -0.372 e. The Labute approximate surface area is 146 Å². The highest BCUT2D eigenvalue weighted by atomic mass is 16.5. The molecule has 1 amide bonds. The summed E-state index contributed by atoms with van der Waals surface area (Å²) in [6, 6.07) is 7.57. The van der Waals surface area contributed by atoms with Gasteiger partial charge in [-0.2, -0.15) is 0 Å². The van der Waals surface area contributed by atoms with Crippen LogP contribution in [0.4, 0.5) is 0 Å². The maximum absolute atomic E-state index is 11.9. The zero-order valence-corrected chi connectivity index (χ0v) is 14.1. The van der Waals surface area contributed by atoms with Gasteiger partial charge in [-0.3, -0.25) is 14.7 Å².